The van der Waals surface area contributed by atoms with Gasteiger partial charge in [0.2, 0.25) is 0 Å². The summed E-state index contributed by atoms with van der Waals surface area (Å²) in [7, 11) is 0. The summed E-state index contributed by atoms with van der Waals surface area (Å²) < 4.78 is 0. The molecule has 1 amide bonds. The monoisotopic (exact) mass is 272 g/mol. The van der Waals surface area contributed by atoms with Gasteiger partial charge in [-0.05, 0) is 61.9 Å². The average Bonchev–Trinajstić information content (AvgIpc) is 3.01. The molecule has 1 aromatic rings. The average molecular weight is 272 g/mol. The first-order chi connectivity index (χ1) is 9.74. The molecule has 0 radical (unpaired) electrons. The van der Waals surface area contributed by atoms with Gasteiger partial charge in [0.1, 0.15) is 0 Å². The molecule has 1 fully saturated rings. The first kappa shape index (κ1) is 13.6. The molecule has 2 aliphatic rings. The molecule has 0 aromatic heterocycles. The fraction of sp³-hybridized carbons (Fsp3) is 0.588. The number of rotatable bonds is 3. The van der Waals surface area contributed by atoms with E-state index < -0.39 is 0 Å². The zero-order chi connectivity index (χ0) is 13.9. The minimum atomic E-state index is 0.0813. The molecule has 20 heavy (non-hydrogen) atoms. The van der Waals surface area contributed by atoms with E-state index in [0.29, 0.717) is 12.0 Å². The first-order valence-electron chi connectivity index (χ1n) is 7.87. The summed E-state index contributed by atoms with van der Waals surface area (Å²) in [4.78, 5) is 12.4. The summed E-state index contributed by atoms with van der Waals surface area (Å²) in [5.41, 5.74) is 3.46. The molecule has 3 rings (SSSR count). The number of carbonyl (C=O) groups is 1. The molecule has 3 nitrogen and oxygen atoms in total. The minimum Gasteiger partial charge on any atom is -0.349 e. The highest BCUT2D eigenvalue weighted by Gasteiger charge is 2.23. The Kier molecular flexibility index (Phi) is 4.06. The van der Waals surface area contributed by atoms with Crippen molar-refractivity contribution in [2.24, 2.45) is 5.92 Å². The van der Waals surface area contributed by atoms with Crippen molar-refractivity contribution >= 4 is 5.91 Å². The molecule has 1 aliphatic heterocycles. The number of hydrogen-bond acceptors (Lipinski definition) is 2. The molecule has 1 heterocycles. The lowest BCUT2D eigenvalue weighted by molar-refractivity contribution is 0.0927. The third-order valence-corrected chi connectivity index (χ3v) is 4.82. The molecule has 1 aliphatic carbocycles. The van der Waals surface area contributed by atoms with Crippen molar-refractivity contribution in [3.63, 3.8) is 0 Å². The quantitative estimate of drug-likeness (QED) is 0.888. The topological polar surface area (TPSA) is 41.1 Å². The Balaban J connectivity index is 1.67. The maximum absolute atomic E-state index is 12.4. The summed E-state index contributed by atoms with van der Waals surface area (Å²) in [5.74, 6) is 0.746. The van der Waals surface area contributed by atoms with Gasteiger partial charge in [0.25, 0.3) is 5.91 Å². The second kappa shape index (κ2) is 5.96. The van der Waals surface area contributed by atoms with Crippen LogP contribution in [-0.2, 0) is 13.0 Å². The number of amides is 1. The van der Waals surface area contributed by atoms with E-state index in [2.05, 4.69) is 29.7 Å². The van der Waals surface area contributed by atoms with Gasteiger partial charge >= 0.3 is 0 Å². The zero-order valence-electron chi connectivity index (χ0n) is 12.2. The van der Waals surface area contributed by atoms with Crippen LogP contribution in [0.4, 0.5) is 0 Å². The van der Waals surface area contributed by atoms with Gasteiger partial charge in [0.05, 0.1) is 0 Å². The smallest absolute Gasteiger partial charge is 0.251 e. The molecular formula is C17H24N2O. The Labute approximate surface area is 121 Å². The molecule has 108 valence electrons. The predicted octanol–water partition coefficient (Wildman–Crippen LogP) is 2.64. The molecule has 3 heteroatoms. The minimum absolute atomic E-state index is 0.0813. The van der Waals surface area contributed by atoms with Crippen LogP contribution in [0, 0.1) is 5.92 Å². The van der Waals surface area contributed by atoms with Crippen molar-refractivity contribution in [2.75, 3.05) is 6.54 Å². The van der Waals surface area contributed by atoms with Gasteiger partial charge in [-0.3, -0.25) is 4.79 Å². The van der Waals surface area contributed by atoms with Crippen LogP contribution in [-0.4, -0.2) is 18.5 Å². The molecule has 0 spiro atoms. The van der Waals surface area contributed by atoms with E-state index in [1.54, 1.807) is 0 Å². The molecule has 2 N–H and O–H groups in total. The van der Waals surface area contributed by atoms with Crippen LogP contribution in [0.5, 0.6) is 0 Å². The van der Waals surface area contributed by atoms with E-state index in [9.17, 15) is 4.79 Å². The highest BCUT2D eigenvalue weighted by atomic mass is 16.1. The summed E-state index contributed by atoms with van der Waals surface area (Å²) in [6.07, 6.45) is 6.21. The number of nitrogens with one attached hydrogen (secondary N) is 2. The normalized spacial score (nSPS) is 20.4. The standard InChI is InChI=1S/C17H24N2O/c1-12(13-4-2-3-5-13)19-17(20)15-7-6-14-8-9-18-11-16(14)10-15/h6-7,10,12-13,18H,2-5,8-9,11H2,1H3,(H,19,20)/t12-/m1/s1. The van der Waals surface area contributed by atoms with Crippen molar-refractivity contribution in [3.8, 4) is 0 Å². The Hall–Kier alpha value is -1.35. The maximum atomic E-state index is 12.4. The van der Waals surface area contributed by atoms with Gasteiger partial charge in [-0.15, -0.1) is 0 Å². The SMILES string of the molecule is C[C@@H](NC(=O)c1ccc2c(c1)CNCC2)C1CCCC1. The van der Waals surface area contributed by atoms with Crippen molar-refractivity contribution in [1.29, 1.82) is 0 Å². The number of hydrogen-bond donors (Lipinski definition) is 2. The predicted molar refractivity (Wildman–Crippen MR) is 80.7 cm³/mol. The fourth-order valence-corrected chi connectivity index (χ4v) is 3.49. The van der Waals surface area contributed by atoms with Crippen LogP contribution in [0.1, 0.15) is 54.1 Å². The second-order valence-corrected chi connectivity index (χ2v) is 6.22. The molecule has 0 saturated heterocycles. The lowest BCUT2D eigenvalue weighted by Gasteiger charge is -2.21. The van der Waals surface area contributed by atoms with Gasteiger partial charge in [-0.2, -0.15) is 0 Å². The van der Waals surface area contributed by atoms with Crippen LogP contribution in [0.3, 0.4) is 0 Å². The Morgan fingerprint density at radius 2 is 2.10 bits per heavy atom. The van der Waals surface area contributed by atoms with Crippen LogP contribution in [0.15, 0.2) is 18.2 Å². The highest BCUT2D eigenvalue weighted by Crippen LogP contribution is 2.27. The lowest BCUT2D eigenvalue weighted by Crippen LogP contribution is -2.37. The van der Waals surface area contributed by atoms with Crippen molar-refractivity contribution in [2.45, 2.75) is 51.6 Å². The maximum Gasteiger partial charge on any atom is 0.251 e. The summed E-state index contributed by atoms with van der Waals surface area (Å²) in [6.45, 7) is 4.07. The van der Waals surface area contributed by atoms with Gasteiger partial charge in [0.15, 0.2) is 0 Å². The van der Waals surface area contributed by atoms with Gasteiger partial charge < -0.3 is 10.6 Å². The third kappa shape index (κ3) is 2.88. The van der Waals surface area contributed by atoms with E-state index >= 15 is 0 Å². The second-order valence-electron chi connectivity index (χ2n) is 6.22. The van der Waals surface area contributed by atoms with Crippen LogP contribution in [0.25, 0.3) is 0 Å². The molecule has 0 bridgehead atoms. The number of fused-ring (bicyclic) bond motifs is 1. The summed E-state index contributed by atoms with van der Waals surface area (Å²) in [5, 5.41) is 6.55. The van der Waals surface area contributed by atoms with E-state index in [-0.39, 0.29) is 5.91 Å². The summed E-state index contributed by atoms with van der Waals surface area (Å²) in [6, 6.07) is 6.43. The molecule has 1 saturated carbocycles. The highest BCUT2D eigenvalue weighted by molar-refractivity contribution is 5.94. The molecule has 1 aromatic carbocycles. The van der Waals surface area contributed by atoms with Gasteiger partial charge in [0, 0.05) is 18.2 Å². The van der Waals surface area contributed by atoms with Crippen molar-refractivity contribution in [1.82, 2.24) is 10.6 Å². The zero-order valence-corrected chi connectivity index (χ0v) is 12.2. The van der Waals surface area contributed by atoms with Crippen molar-refractivity contribution < 1.29 is 4.79 Å². The van der Waals surface area contributed by atoms with Gasteiger partial charge in [-0.1, -0.05) is 18.9 Å². The Bertz CT molecular complexity index is 492. The number of benzene rings is 1. The third-order valence-electron chi connectivity index (χ3n) is 4.82. The van der Waals surface area contributed by atoms with Crippen LogP contribution in [0.2, 0.25) is 0 Å². The van der Waals surface area contributed by atoms with Crippen LogP contribution >= 0.6 is 0 Å². The Morgan fingerprint density at radius 1 is 1.30 bits per heavy atom. The van der Waals surface area contributed by atoms with Crippen LogP contribution < -0.4 is 10.6 Å². The molecule has 1 atom stereocenters. The van der Waals surface area contributed by atoms with E-state index in [1.165, 1.54) is 36.8 Å². The van der Waals surface area contributed by atoms with Gasteiger partial charge in [-0.25, -0.2) is 0 Å². The lowest BCUT2D eigenvalue weighted by atomic mass is 9.97. The molecule has 0 unspecified atom stereocenters. The fourth-order valence-electron chi connectivity index (χ4n) is 3.49. The Morgan fingerprint density at radius 3 is 2.90 bits per heavy atom. The summed E-state index contributed by atoms with van der Waals surface area (Å²) >= 11 is 0. The van der Waals surface area contributed by atoms with E-state index in [4.69, 9.17) is 0 Å². The van der Waals surface area contributed by atoms with Crippen molar-refractivity contribution in [3.05, 3.63) is 34.9 Å². The molecular weight excluding hydrogens is 248 g/mol. The number of carbonyl (C=O) groups excluding carboxylic acids is 1. The largest absolute Gasteiger partial charge is 0.349 e. The van der Waals surface area contributed by atoms with E-state index in [0.717, 1.165) is 25.1 Å². The van der Waals surface area contributed by atoms with E-state index in [1.807, 2.05) is 6.07 Å². The first-order valence-corrected chi connectivity index (χ1v) is 7.87.